The molecule has 0 amide bonds. The van der Waals surface area contributed by atoms with Gasteiger partial charge in [-0.25, -0.2) is 0 Å². The van der Waals surface area contributed by atoms with Crippen LogP contribution in [0, 0.1) is 0 Å². The maximum Gasteiger partial charge on any atom is 0.0340 e. The molecule has 2 aromatic rings. The second-order valence-electron chi connectivity index (χ2n) is 5.62. The zero-order valence-electron chi connectivity index (χ0n) is 12.8. The van der Waals surface area contributed by atoms with Gasteiger partial charge in [-0.2, -0.15) is 0 Å². The number of benzene rings is 2. The Morgan fingerprint density at radius 1 is 0.800 bits per heavy atom. The first-order valence-corrected chi connectivity index (χ1v) is 7.59. The number of nitrogens with one attached hydrogen (secondary N) is 1. The van der Waals surface area contributed by atoms with Crippen LogP contribution in [0.1, 0.15) is 50.2 Å². The molecule has 0 aliphatic heterocycles. The molecular formula is C19H25N. The van der Waals surface area contributed by atoms with Gasteiger partial charge in [-0.3, -0.25) is 0 Å². The number of rotatable bonds is 6. The van der Waals surface area contributed by atoms with Crippen LogP contribution in [0.5, 0.6) is 0 Å². The van der Waals surface area contributed by atoms with Gasteiger partial charge in [0.05, 0.1) is 0 Å². The highest BCUT2D eigenvalue weighted by Gasteiger charge is 2.05. The lowest BCUT2D eigenvalue weighted by Gasteiger charge is -2.15. The van der Waals surface area contributed by atoms with Crippen molar-refractivity contribution in [2.24, 2.45) is 0 Å². The lowest BCUT2D eigenvalue weighted by molar-refractivity contribution is 0.733. The quantitative estimate of drug-likeness (QED) is 0.737. The summed E-state index contributed by atoms with van der Waals surface area (Å²) in [5.74, 6) is 1.16. The van der Waals surface area contributed by atoms with Gasteiger partial charge in [0, 0.05) is 12.2 Å². The van der Waals surface area contributed by atoms with Crippen molar-refractivity contribution in [3.63, 3.8) is 0 Å². The van der Waals surface area contributed by atoms with E-state index in [0.29, 0.717) is 11.8 Å². The van der Waals surface area contributed by atoms with Gasteiger partial charge >= 0.3 is 0 Å². The zero-order valence-corrected chi connectivity index (χ0v) is 12.8. The van der Waals surface area contributed by atoms with E-state index in [0.717, 1.165) is 6.54 Å². The monoisotopic (exact) mass is 267 g/mol. The first-order chi connectivity index (χ1) is 9.70. The van der Waals surface area contributed by atoms with Gasteiger partial charge in [-0.1, -0.05) is 63.2 Å². The molecule has 0 aliphatic carbocycles. The summed E-state index contributed by atoms with van der Waals surface area (Å²) in [4.78, 5) is 0. The SMILES string of the molecule is CCC(C)c1ccc(NCC(C)c2ccccc2)cc1. The molecule has 0 saturated heterocycles. The molecule has 0 fully saturated rings. The molecule has 106 valence electrons. The summed E-state index contributed by atoms with van der Waals surface area (Å²) in [6.45, 7) is 7.74. The predicted molar refractivity (Wildman–Crippen MR) is 88.5 cm³/mol. The topological polar surface area (TPSA) is 12.0 Å². The summed E-state index contributed by atoms with van der Waals surface area (Å²) in [5, 5.41) is 3.53. The zero-order chi connectivity index (χ0) is 14.4. The van der Waals surface area contributed by atoms with Gasteiger partial charge in [-0.05, 0) is 41.5 Å². The van der Waals surface area contributed by atoms with Gasteiger partial charge in [0.1, 0.15) is 0 Å². The Bertz CT molecular complexity index is 501. The minimum atomic E-state index is 0.519. The fourth-order valence-electron chi connectivity index (χ4n) is 2.34. The van der Waals surface area contributed by atoms with Crippen molar-refractivity contribution in [2.75, 3.05) is 11.9 Å². The molecule has 1 heteroatoms. The summed E-state index contributed by atoms with van der Waals surface area (Å²) in [5.41, 5.74) is 4.02. The van der Waals surface area contributed by atoms with Crippen LogP contribution in [-0.2, 0) is 0 Å². The molecule has 0 saturated carbocycles. The van der Waals surface area contributed by atoms with Crippen LogP contribution in [0.2, 0.25) is 0 Å². The normalized spacial score (nSPS) is 13.8. The minimum Gasteiger partial charge on any atom is -0.384 e. The van der Waals surface area contributed by atoms with Crippen LogP contribution < -0.4 is 5.32 Å². The Balaban J connectivity index is 1.91. The standard InChI is InChI=1S/C19H25N/c1-4-15(2)18-10-12-19(13-11-18)20-14-16(3)17-8-6-5-7-9-17/h5-13,15-16,20H,4,14H2,1-3H3. The van der Waals surface area contributed by atoms with E-state index >= 15 is 0 Å². The summed E-state index contributed by atoms with van der Waals surface area (Å²) < 4.78 is 0. The number of hydrogen-bond donors (Lipinski definition) is 1. The van der Waals surface area contributed by atoms with Crippen molar-refractivity contribution in [1.29, 1.82) is 0 Å². The average Bonchev–Trinajstić information content (AvgIpc) is 2.53. The van der Waals surface area contributed by atoms with Gasteiger partial charge in [0.25, 0.3) is 0 Å². The van der Waals surface area contributed by atoms with Crippen LogP contribution >= 0.6 is 0 Å². The summed E-state index contributed by atoms with van der Waals surface area (Å²) in [7, 11) is 0. The molecule has 0 radical (unpaired) electrons. The predicted octanol–water partition coefficient (Wildman–Crippen LogP) is 5.42. The van der Waals surface area contributed by atoms with Crippen LogP contribution in [0.25, 0.3) is 0 Å². The van der Waals surface area contributed by atoms with E-state index in [2.05, 4.69) is 80.7 Å². The van der Waals surface area contributed by atoms with E-state index in [4.69, 9.17) is 0 Å². The molecule has 0 aliphatic rings. The van der Waals surface area contributed by atoms with Crippen molar-refractivity contribution in [3.05, 3.63) is 65.7 Å². The van der Waals surface area contributed by atoms with E-state index < -0.39 is 0 Å². The maximum absolute atomic E-state index is 3.53. The van der Waals surface area contributed by atoms with E-state index in [-0.39, 0.29) is 0 Å². The Morgan fingerprint density at radius 2 is 1.40 bits per heavy atom. The molecule has 2 rings (SSSR count). The fourth-order valence-corrected chi connectivity index (χ4v) is 2.34. The van der Waals surface area contributed by atoms with E-state index in [9.17, 15) is 0 Å². The molecule has 2 atom stereocenters. The second-order valence-corrected chi connectivity index (χ2v) is 5.62. The first kappa shape index (κ1) is 14.6. The largest absolute Gasteiger partial charge is 0.384 e. The van der Waals surface area contributed by atoms with Crippen molar-refractivity contribution in [3.8, 4) is 0 Å². The lowest BCUT2D eigenvalue weighted by atomic mass is 9.98. The number of hydrogen-bond acceptors (Lipinski definition) is 1. The summed E-state index contributed by atoms with van der Waals surface area (Å²) in [6, 6.07) is 19.5. The van der Waals surface area contributed by atoms with Crippen LogP contribution in [0.15, 0.2) is 54.6 Å². The highest BCUT2D eigenvalue weighted by Crippen LogP contribution is 2.21. The van der Waals surface area contributed by atoms with Crippen molar-refractivity contribution < 1.29 is 0 Å². The molecule has 20 heavy (non-hydrogen) atoms. The summed E-state index contributed by atoms with van der Waals surface area (Å²) in [6.07, 6.45) is 1.19. The van der Waals surface area contributed by atoms with Crippen molar-refractivity contribution in [2.45, 2.75) is 39.0 Å². The third kappa shape index (κ3) is 3.86. The van der Waals surface area contributed by atoms with Crippen LogP contribution in [0.4, 0.5) is 5.69 Å². The van der Waals surface area contributed by atoms with E-state index in [1.165, 1.54) is 23.2 Å². The minimum absolute atomic E-state index is 0.519. The van der Waals surface area contributed by atoms with Gasteiger partial charge in [0.15, 0.2) is 0 Å². The highest BCUT2D eigenvalue weighted by molar-refractivity contribution is 5.45. The Kier molecular flexibility index (Phi) is 5.23. The third-order valence-electron chi connectivity index (χ3n) is 4.07. The van der Waals surface area contributed by atoms with Gasteiger partial charge < -0.3 is 5.32 Å². The molecule has 1 nitrogen and oxygen atoms in total. The van der Waals surface area contributed by atoms with Crippen LogP contribution in [0.3, 0.4) is 0 Å². The summed E-state index contributed by atoms with van der Waals surface area (Å²) >= 11 is 0. The fraction of sp³-hybridized carbons (Fsp3) is 0.368. The molecule has 0 spiro atoms. The molecule has 1 N–H and O–H groups in total. The van der Waals surface area contributed by atoms with Crippen molar-refractivity contribution in [1.82, 2.24) is 0 Å². The molecular weight excluding hydrogens is 242 g/mol. The Labute approximate surface area is 123 Å². The van der Waals surface area contributed by atoms with Gasteiger partial charge in [0.2, 0.25) is 0 Å². The Morgan fingerprint density at radius 3 is 2.00 bits per heavy atom. The Hall–Kier alpha value is -1.76. The molecule has 0 bridgehead atoms. The maximum atomic E-state index is 3.53. The first-order valence-electron chi connectivity index (χ1n) is 7.59. The molecule has 0 heterocycles. The number of anilines is 1. The lowest BCUT2D eigenvalue weighted by Crippen LogP contribution is -2.09. The van der Waals surface area contributed by atoms with E-state index in [1.54, 1.807) is 0 Å². The average molecular weight is 267 g/mol. The smallest absolute Gasteiger partial charge is 0.0340 e. The molecule has 0 aromatic heterocycles. The van der Waals surface area contributed by atoms with Crippen LogP contribution in [-0.4, -0.2) is 6.54 Å². The third-order valence-corrected chi connectivity index (χ3v) is 4.07. The van der Waals surface area contributed by atoms with E-state index in [1.807, 2.05) is 0 Å². The van der Waals surface area contributed by atoms with Crippen molar-refractivity contribution >= 4 is 5.69 Å². The highest BCUT2D eigenvalue weighted by atomic mass is 14.9. The molecule has 2 unspecified atom stereocenters. The van der Waals surface area contributed by atoms with Gasteiger partial charge in [-0.15, -0.1) is 0 Å². The second kappa shape index (κ2) is 7.14. The molecule has 2 aromatic carbocycles.